The van der Waals surface area contributed by atoms with Crippen molar-refractivity contribution >= 4 is 18.0 Å². The number of primary amides is 1. The van der Waals surface area contributed by atoms with Crippen LogP contribution in [0.3, 0.4) is 0 Å². The van der Waals surface area contributed by atoms with Gasteiger partial charge in [0.25, 0.3) is 5.92 Å². The lowest BCUT2D eigenvalue weighted by Gasteiger charge is -2.48. The van der Waals surface area contributed by atoms with Crippen LogP contribution in [-0.4, -0.2) is 41.0 Å². The van der Waals surface area contributed by atoms with Crippen LogP contribution in [-0.2, 0) is 14.3 Å². The highest BCUT2D eigenvalue weighted by Gasteiger charge is 2.68. The van der Waals surface area contributed by atoms with E-state index in [1.807, 2.05) is 18.2 Å². The Morgan fingerprint density at radius 2 is 2.06 bits per heavy atom. The second kappa shape index (κ2) is 9.19. The third kappa shape index (κ3) is 4.42. The monoisotopic (exact) mass is 480 g/mol. The van der Waals surface area contributed by atoms with E-state index in [1.165, 1.54) is 6.92 Å². The number of halogens is 2. The Labute approximate surface area is 202 Å². The number of ether oxygens (including phenoxy) is 1. The van der Waals surface area contributed by atoms with Crippen molar-refractivity contribution in [2.45, 2.75) is 37.8 Å². The van der Waals surface area contributed by atoms with Gasteiger partial charge in [-0.05, 0) is 31.1 Å². The molecule has 2 aromatic rings. The van der Waals surface area contributed by atoms with Crippen LogP contribution in [0.4, 0.5) is 8.78 Å². The molecular formula is C26H26F2N4O3. The summed E-state index contributed by atoms with van der Waals surface area (Å²) in [6.07, 6.45) is 3.52. The third-order valence-corrected chi connectivity index (χ3v) is 7.12. The van der Waals surface area contributed by atoms with Crippen LogP contribution in [0.25, 0.3) is 17.2 Å². The molecule has 1 saturated heterocycles. The number of hydrogen-bond donors (Lipinski definition) is 2. The van der Waals surface area contributed by atoms with E-state index in [4.69, 9.17) is 10.5 Å². The summed E-state index contributed by atoms with van der Waals surface area (Å²) < 4.78 is 35.7. The lowest BCUT2D eigenvalue weighted by Crippen LogP contribution is -2.65. The number of benzene rings is 1. The number of amides is 1. The average Bonchev–Trinajstić information content (AvgIpc) is 3.07. The number of esters is 1. The first kappa shape index (κ1) is 24.5. The van der Waals surface area contributed by atoms with Crippen molar-refractivity contribution in [2.75, 3.05) is 6.54 Å². The Balaban J connectivity index is 1.65. The summed E-state index contributed by atoms with van der Waals surface area (Å²) in [4.78, 5) is 28.6. The molecule has 9 heteroatoms. The van der Waals surface area contributed by atoms with Gasteiger partial charge in [-0.2, -0.15) is 5.26 Å². The number of nitriles is 1. The zero-order chi connectivity index (χ0) is 25.4. The maximum absolute atomic E-state index is 15.2. The van der Waals surface area contributed by atoms with Gasteiger partial charge in [0.2, 0.25) is 5.91 Å². The summed E-state index contributed by atoms with van der Waals surface area (Å²) >= 11 is 0. The maximum Gasteiger partial charge on any atom is 0.327 e. The summed E-state index contributed by atoms with van der Waals surface area (Å²) in [6.45, 7) is 2.72. The van der Waals surface area contributed by atoms with Crippen LogP contribution in [0.5, 0.6) is 0 Å². The molecule has 0 spiro atoms. The first-order valence-corrected chi connectivity index (χ1v) is 11.3. The number of alkyl halides is 2. The van der Waals surface area contributed by atoms with Crippen LogP contribution in [0.15, 0.2) is 48.7 Å². The molecule has 35 heavy (non-hydrogen) atoms. The predicted molar refractivity (Wildman–Crippen MR) is 125 cm³/mol. The molecule has 7 nitrogen and oxygen atoms in total. The Hall–Kier alpha value is -3.64. The van der Waals surface area contributed by atoms with Crippen molar-refractivity contribution in [1.82, 2.24) is 10.3 Å². The number of hydrogen-bond acceptors (Lipinski definition) is 6. The number of nitrogens with one attached hydrogen (secondary N) is 1. The number of aromatic nitrogens is 1. The zero-order valence-corrected chi connectivity index (χ0v) is 19.4. The van der Waals surface area contributed by atoms with Gasteiger partial charge in [-0.15, -0.1) is 0 Å². The zero-order valence-electron chi connectivity index (χ0n) is 19.4. The molecule has 1 aliphatic carbocycles. The number of carbonyl (C=O) groups is 2. The predicted octanol–water partition coefficient (Wildman–Crippen LogP) is 3.30. The fourth-order valence-electron chi connectivity index (χ4n) is 5.33. The highest BCUT2D eigenvalue weighted by molar-refractivity contribution is 5.86. The summed E-state index contributed by atoms with van der Waals surface area (Å²) in [7, 11) is 0. The molecule has 182 valence electrons. The largest absolute Gasteiger partial charge is 0.461 e. The molecule has 0 bridgehead atoms. The molecule has 2 fully saturated rings. The van der Waals surface area contributed by atoms with Crippen LogP contribution in [0, 0.1) is 29.1 Å². The molecule has 2 aliphatic rings. The fourth-order valence-corrected chi connectivity index (χ4v) is 5.33. The second-order valence-corrected chi connectivity index (χ2v) is 9.22. The molecule has 3 N–H and O–H groups in total. The highest BCUT2D eigenvalue weighted by Crippen LogP contribution is 2.54. The number of rotatable bonds is 6. The van der Waals surface area contributed by atoms with Crippen LogP contribution in [0.2, 0.25) is 0 Å². The molecule has 1 aromatic heterocycles. The molecule has 5 atom stereocenters. The number of pyridine rings is 1. The van der Waals surface area contributed by atoms with Gasteiger partial charge in [0.05, 0.1) is 23.9 Å². The van der Waals surface area contributed by atoms with Crippen molar-refractivity contribution in [3.8, 4) is 17.2 Å². The SMILES string of the molecule is C[C@H]1OC(=O)[C@]2(NCC(N)=O)CC(F)(F)[C@@H](C)[C@H](C=Cc3ccc(-c4ccccc4C#N)cn3)[C@H]12. The maximum atomic E-state index is 15.2. The number of cyclic esters (lactones) is 1. The Morgan fingerprint density at radius 1 is 1.31 bits per heavy atom. The summed E-state index contributed by atoms with van der Waals surface area (Å²) in [6, 6.07) is 12.9. The van der Waals surface area contributed by atoms with Crippen molar-refractivity contribution in [3.63, 3.8) is 0 Å². The number of fused-ring (bicyclic) bond motifs is 1. The minimum atomic E-state index is -3.18. The summed E-state index contributed by atoms with van der Waals surface area (Å²) in [5.41, 5.74) is 6.09. The molecule has 1 aromatic carbocycles. The van der Waals surface area contributed by atoms with E-state index >= 15 is 8.78 Å². The number of carbonyl (C=O) groups excluding carboxylic acids is 2. The lowest BCUT2D eigenvalue weighted by molar-refractivity contribution is -0.160. The Bertz CT molecular complexity index is 1210. The van der Waals surface area contributed by atoms with E-state index in [-0.39, 0.29) is 0 Å². The van der Waals surface area contributed by atoms with Crippen LogP contribution in [0.1, 0.15) is 31.5 Å². The third-order valence-electron chi connectivity index (χ3n) is 7.12. The molecule has 1 amide bonds. The molecule has 0 unspecified atom stereocenters. The van der Waals surface area contributed by atoms with Gasteiger partial charge < -0.3 is 10.5 Å². The standard InChI is InChI=1S/C26H26F2N4O3/c1-15-20(10-9-19-8-7-18(12-31-19)21-6-4-3-5-17(21)11-29)23-16(2)35-24(34)25(23,14-26(15,27)28)32-13-22(30)33/h3-10,12,15-16,20,23,32H,13-14H2,1-2H3,(H2,30,33)/t15-,16+,20-,23-,25-/m0/s1. The van der Waals surface area contributed by atoms with Crippen molar-refractivity contribution in [3.05, 3.63) is 59.9 Å². The fraction of sp³-hybridized carbons (Fsp3) is 0.385. The van der Waals surface area contributed by atoms with Gasteiger partial charge in [0, 0.05) is 35.6 Å². The molecular weight excluding hydrogens is 454 g/mol. The summed E-state index contributed by atoms with van der Waals surface area (Å²) in [5.74, 6) is -7.16. The van der Waals surface area contributed by atoms with E-state index in [9.17, 15) is 14.9 Å². The quantitative estimate of drug-likeness (QED) is 0.613. The van der Waals surface area contributed by atoms with Crippen molar-refractivity contribution < 1.29 is 23.1 Å². The van der Waals surface area contributed by atoms with Gasteiger partial charge >= 0.3 is 5.97 Å². The van der Waals surface area contributed by atoms with E-state index in [0.717, 1.165) is 11.1 Å². The van der Waals surface area contributed by atoms with E-state index in [0.29, 0.717) is 11.3 Å². The topological polar surface area (TPSA) is 118 Å². The van der Waals surface area contributed by atoms with Gasteiger partial charge in [-0.3, -0.25) is 19.9 Å². The van der Waals surface area contributed by atoms with E-state index in [2.05, 4.69) is 16.4 Å². The van der Waals surface area contributed by atoms with Gasteiger partial charge in [-0.1, -0.05) is 37.3 Å². The molecule has 1 saturated carbocycles. The van der Waals surface area contributed by atoms with Crippen molar-refractivity contribution in [2.24, 2.45) is 23.5 Å². The van der Waals surface area contributed by atoms with Gasteiger partial charge in [0.15, 0.2) is 0 Å². The molecule has 0 radical (unpaired) electrons. The smallest absolute Gasteiger partial charge is 0.327 e. The molecule has 1 aliphatic heterocycles. The number of nitrogens with two attached hydrogens (primary N) is 1. The lowest BCUT2D eigenvalue weighted by atomic mass is 9.60. The van der Waals surface area contributed by atoms with Crippen LogP contribution < -0.4 is 11.1 Å². The van der Waals surface area contributed by atoms with Crippen LogP contribution >= 0.6 is 0 Å². The number of nitrogens with zero attached hydrogens (tertiary/aromatic N) is 2. The van der Waals surface area contributed by atoms with E-state index in [1.54, 1.807) is 43.5 Å². The summed E-state index contributed by atoms with van der Waals surface area (Å²) in [5, 5.41) is 12.0. The Morgan fingerprint density at radius 3 is 2.71 bits per heavy atom. The van der Waals surface area contributed by atoms with Crippen molar-refractivity contribution in [1.29, 1.82) is 5.26 Å². The Kier molecular flexibility index (Phi) is 6.43. The normalized spacial score (nSPS) is 29.4. The van der Waals surface area contributed by atoms with E-state index < -0.39 is 60.2 Å². The number of allylic oxidation sites excluding steroid dienone is 1. The van der Waals surface area contributed by atoms with Gasteiger partial charge in [0.1, 0.15) is 11.6 Å². The average molecular weight is 481 g/mol. The van der Waals surface area contributed by atoms with Gasteiger partial charge in [-0.25, -0.2) is 8.78 Å². The minimum absolute atomic E-state index is 0.410. The first-order chi connectivity index (χ1) is 16.6. The second-order valence-electron chi connectivity index (χ2n) is 9.22. The minimum Gasteiger partial charge on any atom is -0.461 e. The molecule has 4 rings (SSSR count). The highest BCUT2D eigenvalue weighted by atomic mass is 19.3. The first-order valence-electron chi connectivity index (χ1n) is 11.3. The molecule has 2 heterocycles.